The van der Waals surface area contributed by atoms with E-state index in [1.165, 1.54) is 19.0 Å². The summed E-state index contributed by atoms with van der Waals surface area (Å²) in [5, 5.41) is 12.6. The number of non-ortho nitro benzene ring substituents is 1. The van der Waals surface area contributed by atoms with Crippen LogP contribution in [0.2, 0.25) is 0 Å². The van der Waals surface area contributed by atoms with Crippen LogP contribution in [0.5, 0.6) is 0 Å². The molecule has 0 radical (unpaired) electrons. The number of nitro benzene ring substituents is 1. The van der Waals surface area contributed by atoms with E-state index in [-0.39, 0.29) is 11.4 Å². The molecule has 0 saturated carbocycles. The van der Waals surface area contributed by atoms with Crippen molar-refractivity contribution in [2.24, 2.45) is 0 Å². The molecule has 1 rings (SSSR count). The first kappa shape index (κ1) is 11.9. The van der Waals surface area contributed by atoms with Crippen molar-refractivity contribution in [3.63, 3.8) is 0 Å². The highest BCUT2D eigenvalue weighted by Crippen LogP contribution is 2.20. The molecule has 0 unspecified atom stereocenters. The maximum atomic E-state index is 13.3. The summed E-state index contributed by atoms with van der Waals surface area (Å²) in [6.07, 6.45) is 0. The summed E-state index contributed by atoms with van der Waals surface area (Å²) in [6.45, 7) is 0. The van der Waals surface area contributed by atoms with Crippen LogP contribution in [0.25, 0.3) is 0 Å². The van der Waals surface area contributed by atoms with E-state index in [1.807, 2.05) is 0 Å². The van der Waals surface area contributed by atoms with Crippen molar-refractivity contribution in [3.05, 3.63) is 34.1 Å². The van der Waals surface area contributed by atoms with Crippen molar-refractivity contribution >= 4 is 17.4 Å². The highest BCUT2D eigenvalue weighted by molar-refractivity contribution is 5.89. The molecule has 0 bridgehead atoms. The average molecular weight is 227 g/mol. The molecule has 0 spiro atoms. The van der Waals surface area contributed by atoms with Gasteiger partial charge in [-0.15, -0.1) is 0 Å². The van der Waals surface area contributed by atoms with Crippen LogP contribution in [0.4, 0.5) is 20.6 Å². The Kier molecular flexibility index (Phi) is 3.39. The molecule has 1 aromatic rings. The van der Waals surface area contributed by atoms with Gasteiger partial charge in [0, 0.05) is 20.2 Å². The van der Waals surface area contributed by atoms with Gasteiger partial charge in [0.2, 0.25) is 0 Å². The summed E-state index contributed by atoms with van der Waals surface area (Å²) in [6, 6.07) is 2.52. The molecule has 0 aliphatic carbocycles. The summed E-state index contributed by atoms with van der Waals surface area (Å²) in [5.41, 5.74) is -0.454. The van der Waals surface area contributed by atoms with E-state index in [0.29, 0.717) is 0 Å². The average Bonchev–Trinajstić information content (AvgIpc) is 2.20. The van der Waals surface area contributed by atoms with E-state index in [0.717, 1.165) is 18.2 Å². The number of amides is 2. The van der Waals surface area contributed by atoms with Crippen molar-refractivity contribution in [2.75, 3.05) is 19.4 Å². The molecule has 0 aromatic heterocycles. The van der Waals surface area contributed by atoms with E-state index in [2.05, 4.69) is 5.32 Å². The van der Waals surface area contributed by atoms with Gasteiger partial charge in [0.05, 0.1) is 16.7 Å². The fourth-order valence-electron chi connectivity index (χ4n) is 0.946. The van der Waals surface area contributed by atoms with E-state index in [9.17, 15) is 19.3 Å². The molecule has 1 aromatic carbocycles. The van der Waals surface area contributed by atoms with Gasteiger partial charge in [-0.1, -0.05) is 0 Å². The Morgan fingerprint density at radius 2 is 2.12 bits per heavy atom. The largest absolute Gasteiger partial charge is 0.331 e. The van der Waals surface area contributed by atoms with E-state index >= 15 is 0 Å². The highest BCUT2D eigenvalue weighted by atomic mass is 19.1. The summed E-state index contributed by atoms with van der Waals surface area (Å²) < 4.78 is 13.3. The normalized spacial score (nSPS) is 9.69. The Labute approximate surface area is 90.8 Å². The number of carbonyl (C=O) groups excluding carboxylic acids is 1. The Bertz CT molecular complexity index is 434. The predicted octanol–water partition coefficient (Wildman–Crippen LogP) is 1.83. The number of nitro groups is 1. The Morgan fingerprint density at radius 3 is 2.56 bits per heavy atom. The minimum Gasteiger partial charge on any atom is -0.331 e. The van der Waals surface area contributed by atoms with E-state index < -0.39 is 16.8 Å². The second-order valence-corrected chi connectivity index (χ2v) is 3.25. The number of benzene rings is 1. The quantitative estimate of drug-likeness (QED) is 0.618. The number of nitrogens with zero attached hydrogens (tertiary/aromatic N) is 2. The lowest BCUT2D eigenvalue weighted by molar-refractivity contribution is -0.385. The summed E-state index contributed by atoms with van der Waals surface area (Å²) >= 11 is 0. The van der Waals surface area contributed by atoms with Crippen LogP contribution in [-0.2, 0) is 0 Å². The van der Waals surface area contributed by atoms with Crippen molar-refractivity contribution < 1.29 is 14.1 Å². The lowest BCUT2D eigenvalue weighted by atomic mass is 10.2. The minimum atomic E-state index is -0.843. The summed E-state index contributed by atoms with van der Waals surface area (Å²) in [5.74, 6) is -0.843. The van der Waals surface area contributed by atoms with E-state index in [1.54, 1.807) is 0 Å². The first-order valence-corrected chi connectivity index (χ1v) is 4.34. The molecule has 0 atom stereocenters. The van der Waals surface area contributed by atoms with Gasteiger partial charge in [0.25, 0.3) is 5.69 Å². The maximum Gasteiger partial charge on any atom is 0.321 e. The molecule has 16 heavy (non-hydrogen) atoms. The second kappa shape index (κ2) is 4.56. The van der Waals surface area contributed by atoms with Gasteiger partial charge in [0.15, 0.2) is 5.82 Å². The number of halogens is 1. The van der Waals surface area contributed by atoms with E-state index in [4.69, 9.17) is 0 Å². The van der Waals surface area contributed by atoms with Crippen molar-refractivity contribution in [2.45, 2.75) is 0 Å². The smallest absolute Gasteiger partial charge is 0.321 e. The Balaban J connectivity index is 2.91. The third-order valence-electron chi connectivity index (χ3n) is 1.81. The third kappa shape index (κ3) is 2.66. The van der Waals surface area contributed by atoms with Crippen LogP contribution in [0.1, 0.15) is 0 Å². The first-order valence-electron chi connectivity index (χ1n) is 4.34. The topological polar surface area (TPSA) is 75.5 Å². The molecule has 2 amide bonds. The van der Waals surface area contributed by atoms with Gasteiger partial charge in [-0.05, 0) is 6.07 Å². The zero-order chi connectivity index (χ0) is 12.3. The summed E-state index contributed by atoms with van der Waals surface area (Å²) in [4.78, 5) is 22.1. The second-order valence-electron chi connectivity index (χ2n) is 3.25. The number of nitrogens with one attached hydrogen (secondary N) is 1. The monoisotopic (exact) mass is 227 g/mol. The van der Waals surface area contributed by atoms with Gasteiger partial charge in [0.1, 0.15) is 0 Å². The number of anilines is 1. The minimum absolute atomic E-state index is 0.0932. The van der Waals surface area contributed by atoms with Crippen LogP contribution >= 0.6 is 0 Å². The molecule has 0 fully saturated rings. The molecule has 0 heterocycles. The molecule has 7 heteroatoms. The first-order chi connectivity index (χ1) is 7.41. The Morgan fingerprint density at radius 1 is 1.50 bits per heavy atom. The highest BCUT2D eigenvalue weighted by Gasteiger charge is 2.13. The molecular weight excluding hydrogens is 217 g/mol. The fourth-order valence-corrected chi connectivity index (χ4v) is 0.946. The van der Waals surface area contributed by atoms with Gasteiger partial charge >= 0.3 is 6.03 Å². The maximum absolute atomic E-state index is 13.3. The van der Waals surface area contributed by atoms with Crippen LogP contribution < -0.4 is 5.32 Å². The van der Waals surface area contributed by atoms with Gasteiger partial charge in [-0.25, -0.2) is 9.18 Å². The Hall–Kier alpha value is -2.18. The molecule has 0 aliphatic rings. The van der Waals surface area contributed by atoms with Gasteiger partial charge in [-0.3, -0.25) is 10.1 Å². The van der Waals surface area contributed by atoms with Crippen LogP contribution in [0, 0.1) is 15.9 Å². The lowest BCUT2D eigenvalue weighted by Gasteiger charge is -2.12. The molecule has 86 valence electrons. The van der Waals surface area contributed by atoms with Crippen LogP contribution in [0.3, 0.4) is 0 Å². The third-order valence-corrected chi connectivity index (χ3v) is 1.81. The zero-order valence-electron chi connectivity index (χ0n) is 8.73. The van der Waals surface area contributed by atoms with Crippen molar-refractivity contribution in [3.8, 4) is 0 Å². The standard InChI is InChI=1S/C9H10FN3O3/c1-12(2)9(14)11-8-4-3-6(13(15)16)5-7(8)10/h3-5H,1-2H3,(H,11,14). The fraction of sp³-hybridized carbons (Fsp3) is 0.222. The van der Waals surface area contributed by atoms with Gasteiger partial charge < -0.3 is 10.2 Å². The summed E-state index contributed by atoms with van der Waals surface area (Å²) in [7, 11) is 3.00. The number of urea groups is 1. The zero-order valence-corrected chi connectivity index (χ0v) is 8.73. The number of hydrogen-bond donors (Lipinski definition) is 1. The van der Waals surface area contributed by atoms with Crippen molar-refractivity contribution in [1.82, 2.24) is 4.90 Å². The predicted molar refractivity (Wildman–Crippen MR) is 55.8 cm³/mol. The number of rotatable bonds is 2. The lowest BCUT2D eigenvalue weighted by Crippen LogP contribution is -2.27. The van der Waals surface area contributed by atoms with Crippen LogP contribution in [0.15, 0.2) is 18.2 Å². The molecule has 1 N–H and O–H groups in total. The molecule has 0 saturated heterocycles. The molecule has 0 aliphatic heterocycles. The SMILES string of the molecule is CN(C)C(=O)Nc1ccc([N+](=O)[O-])cc1F. The van der Waals surface area contributed by atoms with Gasteiger partial charge in [-0.2, -0.15) is 0 Å². The van der Waals surface area contributed by atoms with Crippen molar-refractivity contribution in [1.29, 1.82) is 0 Å². The number of hydrogen-bond acceptors (Lipinski definition) is 3. The van der Waals surface area contributed by atoms with Crippen LogP contribution in [-0.4, -0.2) is 29.9 Å². The molecule has 6 nitrogen and oxygen atoms in total. The molecular formula is C9H10FN3O3. The number of carbonyl (C=O) groups is 1.